The predicted molar refractivity (Wildman–Crippen MR) is 50.8 cm³/mol. The van der Waals surface area contributed by atoms with Crippen molar-refractivity contribution in [3.05, 3.63) is 0 Å². The number of hydrogen-bond donors (Lipinski definition) is 2. The summed E-state index contributed by atoms with van der Waals surface area (Å²) >= 11 is 0. The maximum Gasteiger partial charge on any atom is 0.348 e. The first kappa shape index (κ1) is 11.9. The van der Waals surface area contributed by atoms with E-state index in [-0.39, 0.29) is 0 Å². The molecule has 0 saturated carbocycles. The average molecular weight is 198 g/mol. The number of carbonyl (C=O) groups excluding carboxylic acids is 3. The zero-order valence-electron chi connectivity index (χ0n) is 7.77. The number of rotatable bonds is 0. The van der Waals surface area contributed by atoms with Crippen LogP contribution in [0.2, 0.25) is 0 Å². The van der Waals surface area contributed by atoms with Gasteiger partial charge in [0.05, 0.1) is 0 Å². The molecule has 0 aromatic rings. The number of urea groups is 3. The molecule has 0 atom stereocenters. The number of carbonyl (C=O) groups is 3. The minimum Gasteiger partial charge on any atom is -0.257 e. The summed E-state index contributed by atoms with van der Waals surface area (Å²) < 4.78 is 0. The van der Waals surface area contributed by atoms with Crippen LogP contribution in [0.4, 0.5) is 14.4 Å². The molecule has 0 aromatic heterocycles. The summed E-state index contributed by atoms with van der Waals surface area (Å²) in [5.74, 6) is 0. The van der Waals surface area contributed by atoms with Gasteiger partial charge >= 0.3 is 18.1 Å². The van der Waals surface area contributed by atoms with Crippen molar-refractivity contribution in [1.29, 1.82) is 0 Å². The molecule has 0 aliphatic rings. The molecule has 0 unspecified atom stereocenters. The Labute approximate surface area is 80.3 Å². The largest absolute Gasteiger partial charge is 0.348 e. The van der Waals surface area contributed by atoms with Crippen LogP contribution in [0.1, 0.15) is 13.8 Å². The summed E-state index contributed by atoms with van der Waals surface area (Å²) in [6.45, 7) is 3.04. The maximum atomic E-state index is 10.8. The van der Waals surface area contributed by atoms with Gasteiger partial charge in [0.2, 0.25) is 0 Å². The molecule has 0 heterocycles. The van der Waals surface area contributed by atoms with Gasteiger partial charge in [0.1, 0.15) is 0 Å². The van der Waals surface area contributed by atoms with Gasteiger partial charge in [-0.3, -0.25) is 10.6 Å². The van der Waals surface area contributed by atoms with E-state index in [1.54, 1.807) is 10.6 Å². The third-order valence-corrected chi connectivity index (χ3v) is 0.934. The van der Waals surface area contributed by atoms with Crippen LogP contribution in [-0.2, 0) is 0 Å². The first-order valence-electron chi connectivity index (χ1n) is 3.73. The summed E-state index contributed by atoms with van der Waals surface area (Å²) in [5, 5.41) is 3.58. The van der Waals surface area contributed by atoms with E-state index >= 15 is 0 Å². The molecule has 0 aliphatic heterocycles. The molecule has 0 bridgehead atoms. The first-order valence-corrected chi connectivity index (χ1v) is 3.73. The second kappa shape index (κ2) is 6.46. The van der Waals surface area contributed by atoms with Gasteiger partial charge in [-0.1, -0.05) is 0 Å². The summed E-state index contributed by atoms with van der Waals surface area (Å²) in [6.07, 6.45) is 2.43. The number of imide groups is 2. The van der Waals surface area contributed by atoms with Crippen LogP contribution in [0.3, 0.4) is 0 Å². The van der Waals surface area contributed by atoms with Crippen molar-refractivity contribution >= 4 is 30.5 Å². The van der Waals surface area contributed by atoms with Gasteiger partial charge in [-0.05, 0) is 13.8 Å². The highest BCUT2D eigenvalue weighted by molar-refractivity contribution is 6.03. The van der Waals surface area contributed by atoms with Crippen LogP contribution in [0.5, 0.6) is 0 Å². The molecule has 0 saturated heterocycles. The van der Waals surface area contributed by atoms with Crippen molar-refractivity contribution in [3.8, 4) is 0 Å². The summed E-state index contributed by atoms with van der Waals surface area (Å²) in [5.41, 5.74) is 0. The number of nitrogens with one attached hydrogen (secondary N) is 2. The molecule has 7 heteroatoms. The fourth-order valence-electron chi connectivity index (χ4n) is 0.525. The highest BCUT2D eigenvalue weighted by Crippen LogP contribution is 1.76. The molecule has 0 radical (unpaired) electrons. The Morgan fingerprint density at radius 2 is 1.29 bits per heavy atom. The Bertz CT molecular complexity index is 267. The molecule has 76 valence electrons. The average Bonchev–Trinajstić information content (AvgIpc) is 2.03. The van der Waals surface area contributed by atoms with Crippen molar-refractivity contribution in [2.24, 2.45) is 9.98 Å². The van der Waals surface area contributed by atoms with Gasteiger partial charge in [0.25, 0.3) is 0 Å². The highest BCUT2D eigenvalue weighted by Gasteiger charge is 2.07. The van der Waals surface area contributed by atoms with E-state index in [0.29, 0.717) is 0 Å². The Kier molecular flexibility index (Phi) is 5.52. The maximum absolute atomic E-state index is 10.8. The number of aliphatic imine (C=N–C) groups is 2. The molecular weight excluding hydrogens is 188 g/mol. The predicted octanol–water partition coefficient (Wildman–Crippen LogP) is 0.707. The zero-order valence-corrected chi connectivity index (χ0v) is 7.77. The van der Waals surface area contributed by atoms with Crippen LogP contribution in [0.25, 0.3) is 0 Å². The van der Waals surface area contributed by atoms with Gasteiger partial charge in [-0.25, -0.2) is 24.4 Å². The van der Waals surface area contributed by atoms with Gasteiger partial charge < -0.3 is 0 Å². The van der Waals surface area contributed by atoms with Gasteiger partial charge in [-0.2, -0.15) is 0 Å². The van der Waals surface area contributed by atoms with E-state index in [9.17, 15) is 14.4 Å². The Morgan fingerprint density at radius 3 is 1.57 bits per heavy atom. The fraction of sp³-hybridized carbons (Fsp3) is 0.286. The lowest BCUT2D eigenvalue weighted by atomic mass is 10.8. The molecule has 0 spiro atoms. The van der Waals surface area contributed by atoms with Crippen LogP contribution in [-0.4, -0.2) is 30.5 Å². The Hall–Kier alpha value is -2.05. The smallest absolute Gasteiger partial charge is 0.257 e. The van der Waals surface area contributed by atoms with Crippen molar-refractivity contribution in [3.63, 3.8) is 0 Å². The molecule has 0 fully saturated rings. The Balaban J connectivity index is 3.99. The third kappa shape index (κ3) is 5.58. The minimum absolute atomic E-state index is 0.849. The van der Waals surface area contributed by atoms with Crippen LogP contribution < -0.4 is 10.6 Å². The SMILES string of the molecule is CC=NC(=O)NC(=O)NC(=O)N=CC. The monoisotopic (exact) mass is 198 g/mol. The second-order valence-corrected chi connectivity index (χ2v) is 1.96. The lowest BCUT2D eigenvalue weighted by molar-refractivity contribution is 0.227. The summed E-state index contributed by atoms with van der Waals surface area (Å²) in [4.78, 5) is 38.6. The van der Waals surface area contributed by atoms with Gasteiger partial charge in [0, 0.05) is 12.4 Å². The van der Waals surface area contributed by atoms with Crippen LogP contribution in [0, 0.1) is 0 Å². The molecule has 7 nitrogen and oxygen atoms in total. The van der Waals surface area contributed by atoms with E-state index in [4.69, 9.17) is 0 Å². The second-order valence-electron chi connectivity index (χ2n) is 1.96. The van der Waals surface area contributed by atoms with Crippen molar-refractivity contribution in [2.45, 2.75) is 13.8 Å². The van der Waals surface area contributed by atoms with Gasteiger partial charge in [-0.15, -0.1) is 0 Å². The number of amides is 6. The zero-order chi connectivity index (χ0) is 11.0. The molecule has 0 aromatic carbocycles. The number of hydrogen-bond acceptors (Lipinski definition) is 3. The van der Waals surface area contributed by atoms with Crippen molar-refractivity contribution in [2.75, 3.05) is 0 Å². The van der Waals surface area contributed by atoms with Crippen molar-refractivity contribution in [1.82, 2.24) is 10.6 Å². The summed E-state index contributed by atoms with van der Waals surface area (Å²) in [7, 11) is 0. The molecule has 0 aliphatic carbocycles. The molecule has 0 rings (SSSR count). The molecule has 6 amide bonds. The highest BCUT2D eigenvalue weighted by atomic mass is 16.2. The molecule has 14 heavy (non-hydrogen) atoms. The first-order chi connectivity index (χ1) is 6.60. The lowest BCUT2D eigenvalue weighted by Gasteiger charge is -1.98. The number of nitrogens with zero attached hydrogens (tertiary/aromatic N) is 2. The van der Waals surface area contributed by atoms with Crippen molar-refractivity contribution < 1.29 is 14.4 Å². The normalized spacial score (nSPS) is 10.4. The van der Waals surface area contributed by atoms with E-state index in [0.717, 1.165) is 0 Å². The van der Waals surface area contributed by atoms with E-state index < -0.39 is 18.1 Å². The minimum atomic E-state index is -0.962. The quantitative estimate of drug-likeness (QED) is 0.560. The van der Waals surface area contributed by atoms with Crippen LogP contribution in [0.15, 0.2) is 9.98 Å². The topological polar surface area (TPSA) is 100.0 Å². The van der Waals surface area contributed by atoms with Crippen LogP contribution >= 0.6 is 0 Å². The molecular formula is C7H10N4O3. The lowest BCUT2D eigenvalue weighted by Crippen LogP contribution is -2.40. The van der Waals surface area contributed by atoms with Gasteiger partial charge in [0.15, 0.2) is 0 Å². The molecule has 2 N–H and O–H groups in total. The third-order valence-electron chi connectivity index (χ3n) is 0.934. The van der Waals surface area contributed by atoms with E-state index in [2.05, 4.69) is 9.98 Å². The Morgan fingerprint density at radius 1 is 0.929 bits per heavy atom. The standard InChI is InChI=1S/C7H10N4O3/c1-3-8-5(12)10-7(14)11-6(13)9-4-2/h3-4H,1-2H3,(H2,10,11,12,13,14). The van der Waals surface area contributed by atoms with E-state index in [1.165, 1.54) is 26.3 Å². The fourth-order valence-corrected chi connectivity index (χ4v) is 0.525. The summed E-state index contributed by atoms with van der Waals surface area (Å²) in [6, 6.07) is -2.66. The van der Waals surface area contributed by atoms with E-state index in [1.807, 2.05) is 0 Å².